The fraction of sp³-hybridized carbons (Fsp3) is 0. The van der Waals surface area contributed by atoms with Crippen molar-refractivity contribution in [1.82, 2.24) is 34.9 Å². The highest BCUT2D eigenvalue weighted by Crippen LogP contribution is 2.39. The van der Waals surface area contributed by atoms with Gasteiger partial charge >= 0.3 is 0 Å². The van der Waals surface area contributed by atoms with E-state index in [2.05, 4.69) is 50.6 Å². The summed E-state index contributed by atoms with van der Waals surface area (Å²) in [7, 11) is 0. The zero-order valence-corrected chi connectivity index (χ0v) is 17.2. The Labute approximate surface area is 190 Å². The molecule has 1 amide bonds. The zero-order valence-electron chi connectivity index (χ0n) is 17.2. The lowest BCUT2D eigenvalue weighted by atomic mass is 10.0. The van der Waals surface area contributed by atoms with E-state index in [4.69, 9.17) is 6.57 Å². The summed E-state index contributed by atoms with van der Waals surface area (Å²) in [6, 6.07) is 10.2. The number of azo groups is 1. The summed E-state index contributed by atoms with van der Waals surface area (Å²) in [5.41, 5.74) is 0.104. The summed E-state index contributed by atoms with van der Waals surface area (Å²) in [6.07, 6.45) is 5.61. The number of nitrogens with one attached hydrogen (secondary N) is 2. The fourth-order valence-electron chi connectivity index (χ4n) is 3.22. The maximum absolute atomic E-state index is 13.0. The molecule has 5 rings (SSSR count). The fourth-order valence-corrected chi connectivity index (χ4v) is 3.22. The SMILES string of the molecule is [C-]#[N+]c1cnn(-c2ncccn2)c1N=Nc1cc2ccccc2c(C(=O)Nc2ncn[nH]2)c1O. The van der Waals surface area contributed by atoms with Crippen molar-refractivity contribution >= 4 is 39.8 Å². The number of nitrogens with zero attached hydrogens (tertiary/aromatic N) is 9. The Morgan fingerprint density at radius 1 is 1.15 bits per heavy atom. The molecular weight excluding hydrogens is 438 g/mol. The lowest BCUT2D eigenvalue weighted by Gasteiger charge is -2.10. The highest BCUT2D eigenvalue weighted by atomic mass is 16.3. The van der Waals surface area contributed by atoms with Gasteiger partial charge in [0.05, 0.1) is 18.3 Å². The molecule has 5 aromatic rings. The second kappa shape index (κ2) is 8.55. The molecular formula is C21H13N11O2. The van der Waals surface area contributed by atoms with Crippen molar-refractivity contribution in [2.75, 3.05) is 5.32 Å². The number of fused-ring (bicyclic) bond motifs is 1. The summed E-state index contributed by atoms with van der Waals surface area (Å²) >= 11 is 0. The highest BCUT2D eigenvalue weighted by molar-refractivity contribution is 6.15. The van der Waals surface area contributed by atoms with Crippen LogP contribution in [0, 0.1) is 6.57 Å². The Balaban J connectivity index is 1.61. The minimum absolute atomic E-state index is 0.0130. The van der Waals surface area contributed by atoms with Crippen LogP contribution in [0.4, 0.5) is 23.1 Å². The van der Waals surface area contributed by atoms with E-state index in [1.807, 2.05) is 0 Å². The average molecular weight is 451 g/mol. The van der Waals surface area contributed by atoms with E-state index in [1.165, 1.54) is 29.6 Å². The Bertz CT molecular complexity index is 1570. The van der Waals surface area contributed by atoms with Gasteiger partial charge in [0.2, 0.25) is 5.95 Å². The van der Waals surface area contributed by atoms with Crippen molar-refractivity contribution in [3.63, 3.8) is 0 Å². The third kappa shape index (κ3) is 3.67. The van der Waals surface area contributed by atoms with Crippen molar-refractivity contribution in [2.45, 2.75) is 0 Å². The van der Waals surface area contributed by atoms with Gasteiger partial charge in [-0.15, -0.1) is 10.2 Å². The first-order chi connectivity index (χ1) is 16.7. The monoisotopic (exact) mass is 451 g/mol. The van der Waals surface area contributed by atoms with E-state index >= 15 is 0 Å². The van der Waals surface area contributed by atoms with Crippen LogP contribution >= 0.6 is 0 Å². The number of aromatic nitrogens is 7. The molecule has 0 fully saturated rings. The van der Waals surface area contributed by atoms with Gasteiger partial charge in [0.1, 0.15) is 12.0 Å². The largest absolute Gasteiger partial charge is 0.505 e. The minimum Gasteiger partial charge on any atom is -0.505 e. The minimum atomic E-state index is -0.618. The molecule has 13 heteroatoms. The van der Waals surface area contributed by atoms with E-state index < -0.39 is 11.7 Å². The van der Waals surface area contributed by atoms with Gasteiger partial charge in [-0.1, -0.05) is 24.3 Å². The smallest absolute Gasteiger partial charge is 0.262 e. The molecule has 2 aromatic carbocycles. The molecule has 0 unspecified atom stereocenters. The first-order valence-electron chi connectivity index (χ1n) is 9.71. The zero-order chi connectivity index (χ0) is 23.5. The third-order valence-electron chi connectivity index (χ3n) is 4.72. The van der Waals surface area contributed by atoms with Gasteiger partial charge < -0.3 is 5.11 Å². The second-order valence-corrected chi connectivity index (χ2v) is 6.75. The van der Waals surface area contributed by atoms with Crippen molar-refractivity contribution < 1.29 is 9.90 Å². The van der Waals surface area contributed by atoms with Crippen LogP contribution in [0.3, 0.4) is 0 Å². The van der Waals surface area contributed by atoms with E-state index in [-0.39, 0.29) is 34.7 Å². The van der Waals surface area contributed by atoms with Crippen molar-refractivity contribution in [2.24, 2.45) is 10.2 Å². The van der Waals surface area contributed by atoms with Gasteiger partial charge in [-0.05, 0) is 22.9 Å². The van der Waals surface area contributed by atoms with Gasteiger partial charge in [-0.25, -0.2) is 19.9 Å². The molecule has 3 aromatic heterocycles. The summed E-state index contributed by atoms with van der Waals surface area (Å²) in [6.45, 7) is 7.39. The number of aromatic amines is 1. The first kappa shape index (κ1) is 20.4. The van der Waals surface area contributed by atoms with Crippen LogP contribution in [0.1, 0.15) is 10.4 Å². The molecule has 3 N–H and O–H groups in total. The normalized spacial score (nSPS) is 11.0. The highest BCUT2D eigenvalue weighted by Gasteiger charge is 2.21. The van der Waals surface area contributed by atoms with Crippen LogP contribution in [0.15, 0.2) is 71.5 Å². The number of hydrogen-bond donors (Lipinski definition) is 3. The van der Waals surface area contributed by atoms with Gasteiger partial charge in [0.15, 0.2) is 11.6 Å². The average Bonchev–Trinajstić information content (AvgIpc) is 3.52. The molecule has 0 aliphatic rings. The number of aromatic hydroxyl groups is 1. The van der Waals surface area contributed by atoms with E-state index in [0.29, 0.717) is 10.8 Å². The summed E-state index contributed by atoms with van der Waals surface area (Å²) in [5.74, 6) is -0.630. The Hall–Kier alpha value is -5.51. The van der Waals surface area contributed by atoms with Crippen LogP contribution in [0.25, 0.3) is 21.6 Å². The number of hydrogen-bond acceptors (Lipinski definition) is 9. The van der Waals surface area contributed by atoms with Crippen LogP contribution in [-0.4, -0.2) is 45.9 Å². The first-order valence-corrected chi connectivity index (χ1v) is 9.71. The van der Waals surface area contributed by atoms with E-state index in [0.717, 1.165) is 0 Å². The van der Waals surface area contributed by atoms with Crippen LogP contribution in [0.2, 0.25) is 0 Å². The van der Waals surface area contributed by atoms with E-state index in [9.17, 15) is 9.90 Å². The van der Waals surface area contributed by atoms with Crippen LogP contribution in [0.5, 0.6) is 5.75 Å². The van der Waals surface area contributed by atoms with Crippen molar-refractivity contribution in [1.29, 1.82) is 0 Å². The van der Waals surface area contributed by atoms with E-state index in [1.54, 1.807) is 36.4 Å². The number of rotatable bonds is 5. The molecule has 0 bridgehead atoms. The predicted octanol–water partition coefficient (Wildman–Crippen LogP) is 3.86. The third-order valence-corrected chi connectivity index (χ3v) is 4.72. The molecule has 0 saturated carbocycles. The number of H-pyrrole nitrogens is 1. The molecule has 0 saturated heterocycles. The topological polar surface area (TPSA) is 164 Å². The summed E-state index contributed by atoms with van der Waals surface area (Å²) in [4.78, 5) is 28.5. The maximum Gasteiger partial charge on any atom is 0.262 e. The summed E-state index contributed by atoms with van der Waals surface area (Å²) < 4.78 is 1.26. The van der Waals surface area contributed by atoms with Crippen LogP contribution < -0.4 is 5.32 Å². The Kier molecular flexibility index (Phi) is 5.13. The number of phenols is 1. The molecule has 13 nitrogen and oxygen atoms in total. The standard InChI is InChI=1S/C21H13N11O2/c1-22-15-10-27-32(21-23-7-4-8-24-21)18(15)30-29-14-9-12-5-2-3-6-13(12)16(17(14)33)19(34)28-20-25-11-26-31-20/h2-11,33H,(H2,25,26,28,31,34). The van der Waals surface area contributed by atoms with Crippen molar-refractivity contribution in [3.05, 3.63) is 78.3 Å². The molecule has 0 atom stereocenters. The molecule has 34 heavy (non-hydrogen) atoms. The van der Waals surface area contributed by atoms with Gasteiger partial charge in [0, 0.05) is 12.4 Å². The molecule has 0 radical (unpaired) electrons. The quantitative estimate of drug-likeness (QED) is 0.270. The summed E-state index contributed by atoms with van der Waals surface area (Å²) in [5, 5.41) is 33.2. The predicted molar refractivity (Wildman–Crippen MR) is 120 cm³/mol. The van der Waals surface area contributed by atoms with Crippen LogP contribution in [-0.2, 0) is 0 Å². The maximum atomic E-state index is 13.0. The van der Waals surface area contributed by atoms with Crippen molar-refractivity contribution in [3.8, 4) is 11.7 Å². The number of benzene rings is 2. The number of carbonyl (C=O) groups excluding carboxylic acids is 1. The molecule has 0 aliphatic carbocycles. The molecule has 0 spiro atoms. The molecule has 164 valence electrons. The van der Waals surface area contributed by atoms with Gasteiger partial charge in [0.25, 0.3) is 17.5 Å². The molecule has 3 heterocycles. The number of carbonyl (C=O) groups is 1. The van der Waals surface area contributed by atoms with Gasteiger partial charge in [-0.3, -0.25) is 10.1 Å². The van der Waals surface area contributed by atoms with Gasteiger partial charge in [-0.2, -0.15) is 19.9 Å². The lowest BCUT2D eigenvalue weighted by Crippen LogP contribution is -2.14. The lowest BCUT2D eigenvalue weighted by molar-refractivity contribution is 0.102. The molecule has 0 aliphatic heterocycles. The number of phenolic OH excluding ortho intramolecular Hbond substituents is 1. The number of amides is 1. The number of anilines is 1. The second-order valence-electron chi connectivity index (χ2n) is 6.75. The Morgan fingerprint density at radius 2 is 1.97 bits per heavy atom. The Morgan fingerprint density at radius 3 is 2.74 bits per heavy atom.